The first-order valence-corrected chi connectivity index (χ1v) is 14.0. The van der Waals surface area contributed by atoms with E-state index >= 15 is 0 Å². The first-order chi connectivity index (χ1) is 18.2. The molecule has 0 aliphatic heterocycles. The second-order valence-electron chi connectivity index (χ2n) is 10.8. The van der Waals surface area contributed by atoms with Gasteiger partial charge in [0.1, 0.15) is 11.6 Å². The van der Waals surface area contributed by atoms with E-state index in [2.05, 4.69) is 42.7 Å². The van der Waals surface area contributed by atoms with E-state index in [1.165, 1.54) is 69.9 Å². The van der Waals surface area contributed by atoms with Crippen LogP contribution in [0.2, 0.25) is 0 Å². The number of carbonyl (C=O) groups is 1. The van der Waals surface area contributed by atoms with Crippen LogP contribution >= 0.6 is 0 Å². The molecule has 0 unspecified atom stereocenters. The fourth-order valence-electron chi connectivity index (χ4n) is 5.77. The molecule has 0 bridgehead atoms. The second kappa shape index (κ2) is 13.0. The number of nitrogens with one attached hydrogen (secondary N) is 4. The molecule has 8 nitrogen and oxygen atoms in total. The van der Waals surface area contributed by atoms with Crippen LogP contribution in [0.25, 0.3) is 0 Å². The summed E-state index contributed by atoms with van der Waals surface area (Å²) in [5, 5.41) is 7.61. The molecule has 2 aromatic heterocycles. The summed E-state index contributed by atoms with van der Waals surface area (Å²) in [6.07, 6.45) is 19.0. The third-order valence-corrected chi connectivity index (χ3v) is 8.02. The highest BCUT2D eigenvalue weighted by atomic mass is 16.2. The third-order valence-electron chi connectivity index (χ3n) is 8.02. The smallest absolute Gasteiger partial charge is 0.254 e. The van der Waals surface area contributed by atoms with Crippen molar-refractivity contribution in [2.45, 2.75) is 89.5 Å². The average molecular weight is 504 g/mol. The van der Waals surface area contributed by atoms with Gasteiger partial charge in [0.15, 0.2) is 0 Å². The van der Waals surface area contributed by atoms with Crippen molar-refractivity contribution in [3.05, 3.63) is 71.8 Å². The fourth-order valence-corrected chi connectivity index (χ4v) is 5.77. The summed E-state index contributed by atoms with van der Waals surface area (Å²) in [6, 6.07) is 9.26. The minimum Gasteiger partial charge on any atom is -0.347 e. The number of hydrogen-bond acceptors (Lipinski definition) is 5. The predicted octanol–water partition coefficient (Wildman–Crippen LogP) is 4.55. The maximum absolute atomic E-state index is 13.3. The molecule has 2 aliphatic carbocycles. The highest BCUT2D eigenvalue weighted by molar-refractivity contribution is 5.94. The maximum Gasteiger partial charge on any atom is 0.254 e. The molecule has 0 radical (unpaired) electrons. The van der Waals surface area contributed by atoms with E-state index in [0.29, 0.717) is 30.7 Å². The van der Waals surface area contributed by atoms with Crippen molar-refractivity contribution < 1.29 is 4.79 Å². The monoisotopic (exact) mass is 503 g/mol. The van der Waals surface area contributed by atoms with Crippen LogP contribution in [0.15, 0.2) is 49.1 Å². The number of amides is 1. The van der Waals surface area contributed by atoms with Crippen molar-refractivity contribution in [3.8, 4) is 0 Å². The Bertz CT molecular complexity index is 1010. The van der Waals surface area contributed by atoms with Crippen LogP contribution in [0.3, 0.4) is 0 Å². The summed E-state index contributed by atoms with van der Waals surface area (Å²) in [7, 11) is 0. The Morgan fingerprint density at radius 1 is 0.811 bits per heavy atom. The van der Waals surface area contributed by atoms with Crippen LogP contribution in [0.5, 0.6) is 0 Å². The summed E-state index contributed by atoms with van der Waals surface area (Å²) in [4.78, 5) is 29.8. The summed E-state index contributed by atoms with van der Waals surface area (Å²) in [5.74, 6) is 2.37. The van der Waals surface area contributed by atoms with Crippen LogP contribution in [-0.4, -0.2) is 49.4 Å². The number of nitrogens with zero attached hydrogens (tertiary/aromatic N) is 3. The molecule has 1 amide bonds. The first-order valence-electron chi connectivity index (χ1n) is 14.0. The Kier molecular flexibility index (Phi) is 9.03. The molecule has 2 fully saturated rings. The number of carbonyl (C=O) groups excluding carboxylic acids is 1. The molecule has 2 aliphatic rings. The largest absolute Gasteiger partial charge is 0.347 e. The van der Waals surface area contributed by atoms with E-state index in [9.17, 15) is 4.79 Å². The zero-order chi connectivity index (χ0) is 25.3. The zero-order valence-corrected chi connectivity index (χ0v) is 21.8. The Morgan fingerprint density at radius 3 is 1.97 bits per heavy atom. The molecule has 8 heteroatoms. The molecular weight excluding hydrogens is 462 g/mol. The number of benzene rings is 1. The molecule has 5 rings (SSSR count). The predicted molar refractivity (Wildman–Crippen MR) is 145 cm³/mol. The van der Waals surface area contributed by atoms with Gasteiger partial charge in [-0.1, -0.05) is 31.4 Å². The standard InChI is InChI=1S/C29H41N7O/c37-29(36(20-27-30-14-15-31-27)21-28-32-16-17-33-28)24-8-6-23(7-9-24)19-35-26-12-10-25(11-13-26)34-18-22-4-2-1-3-5-22/h6-9,14-17,22,25-26,34-35H,1-5,10-13,18-21H2,(H,30,31)(H,32,33)/t25-,26-. The van der Waals surface area contributed by atoms with Gasteiger partial charge in [-0.15, -0.1) is 0 Å². The fraction of sp³-hybridized carbons (Fsp3) is 0.552. The lowest BCUT2D eigenvalue weighted by atomic mass is 9.87. The van der Waals surface area contributed by atoms with Crippen LogP contribution in [0, 0.1) is 5.92 Å². The topological polar surface area (TPSA) is 102 Å². The summed E-state index contributed by atoms with van der Waals surface area (Å²) >= 11 is 0. The Balaban J connectivity index is 1.08. The summed E-state index contributed by atoms with van der Waals surface area (Å²) < 4.78 is 0. The lowest BCUT2D eigenvalue weighted by molar-refractivity contribution is 0.0721. The number of aromatic nitrogens is 4. The average Bonchev–Trinajstić information content (AvgIpc) is 3.66. The number of rotatable bonds is 11. The van der Waals surface area contributed by atoms with Crippen molar-refractivity contribution >= 4 is 5.91 Å². The van der Waals surface area contributed by atoms with Crippen LogP contribution < -0.4 is 10.6 Å². The number of aromatic amines is 2. The molecule has 198 valence electrons. The molecule has 0 atom stereocenters. The van der Waals surface area contributed by atoms with Crippen molar-refractivity contribution in [1.29, 1.82) is 0 Å². The van der Waals surface area contributed by atoms with Crippen LogP contribution in [0.1, 0.15) is 85.4 Å². The third kappa shape index (κ3) is 7.52. The summed E-state index contributed by atoms with van der Waals surface area (Å²) in [6.45, 7) is 2.85. The van der Waals surface area contributed by atoms with Crippen molar-refractivity contribution in [2.24, 2.45) is 5.92 Å². The van der Waals surface area contributed by atoms with Crippen molar-refractivity contribution in [3.63, 3.8) is 0 Å². The van der Waals surface area contributed by atoms with Gasteiger partial charge in [0.2, 0.25) is 0 Å². The van der Waals surface area contributed by atoms with E-state index in [1.54, 1.807) is 29.7 Å². The van der Waals surface area contributed by atoms with Gasteiger partial charge in [-0.2, -0.15) is 0 Å². The van der Waals surface area contributed by atoms with Crippen LogP contribution in [-0.2, 0) is 19.6 Å². The molecule has 37 heavy (non-hydrogen) atoms. The molecule has 2 saturated carbocycles. The van der Waals surface area contributed by atoms with Gasteiger partial charge in [-0.3, -0.25) is 4.79 Å². The SMILES string of the molecule is O=C(c1ccc(CN[C@H]2CC[C@H](NCC3CCCCC3)CC2)cc1)N(Cc1ncc[nH]1)Cc1ncc[nH]1. The lowest BCUT2D eigenvalue weighted by Gasteiger charge is -2.32. The maximum atomic E-state index is 13.3. The highest BCUT2D eigenvalue weighted by Gasteiger charge is 2.22. The van der Waals surface area contributed by atoms with Gasteiger partial charge in [-0.05, 0) is 68.7 Å². The van der Waals surface area contributed by atoms with Gasteiger partial charge in [-0.25, -0.2) is 9.97 Å². The minimum absolute atomic E-state index is 0.0358. The minimum atomic E-state index is -0.0358. The van der Waals surface area contributed by atoms with Crippen molar-refractivity contribution in [1.82, 2.24) is 35.5 Å². The number of H-pyrrole nitrogens is 2. The Labute approximate surface area is 220 Å². The molecule has 4 N–H and O–H groups in total. The molecule has 0 spiro atoms. The van der Waals surface area contributed by atoms with Gasteiger partial charge >= 0.3 is 0 Å². The molecular formula is C29H41N7O. The van der Waals surface area contributed by atoms with Gasteiger partial charge in [0.25, 0.3) is 5.91 Å². The molecule has 3 aromatic rings. The summed E-state index contributed by atoms with van der Waals surface area (Å²) in [5.41, 5.74) is 1.88. The normalized spacial score (nSPS) is 20.6. The molecule has 1 aromatic carbocycles. The number of hydrogen-bond donors (Lipinski definition) is 4. The van der Waals surface area contributed by atoms with E-state index in [4.69, 9.17) is 0 Å². The first kappa shape index (κ1) is 25.7. The number of imidazole rings is 2. The van der Waals surface area contributed by atoms with Gasteiger partial charge in [0, 0.05) is 49.0 Å². The highest BCUT2D eigenvalue weighted by Crippen LogP contribution is 2.24. The Morgan fingerprint density at radius 2 is 1.41 bits per heavy atom. The van der Waals surface area contributed by atoms with Gasteiger partial charge in [0.05, 0.1) is 13.1 Å². The lowest BCUT2D eigenvalue weighted by Crippen LogP contribution is -2.41. The van der Waals surface area contributed by atoms with E-state index in [-0.39, 0.29) is 5.91 Å². The second-order valence-corrected chi connectivity index (χ2v) is 10.8. The van der Waals surface area contributed by atoms with Crippen molar-refractivity contribution in [2.75, 3.05) is 6.54 Å². The molecule has 0 saturated heterocycles. The Hall–Kier alpha value is -2.97. The van der Waals surface area contributed by atoms with E-state index < -0.39 is 0 Å². The molecule has 2 heterocycles. The van der Waals surface area contributed by atoms with Gasteiger partial charge < -0.3 is 25.5 Å². The quantitative estimate of drug-likeness (QED) is 0.308. The zero-order valence-electron chi connectivity index (χ0n) is 21.8. The van der Waals surface area contributed by atoms with E-state index in [0.717, 1.165) is 24.1 Å². The van der Waals surface area contributed by atoms with Crippen LogP contribution in [0.4, 0.5) is 0 Å². The van der Waals surface area contributed by atoms with E-state index in [1.807, 2.05) is 12.1 Å².